The van der Waals surface area contributed by atoms with Crippen LogP contribution >= 0.6 is 0 Å². The minimum absolute atomic E-state index is 0.117. The fourth-order valence-electron chi connectivity index (χ4n) is 2.08. The molecule has 0 atom stereocenters. The fraction of sp³-hybridized carbons (Fsp3) is 0.250. The van der Waals surface area contributed by atoms with E-state index in [-0.39, 0.29) is 18.2 Å². The first kappa shape index (κ1) is 14.1. The van der Waals surface area contributed by atoms with Crippen LogP contribution in [0.3, 0.4) is 0 Å². The molecular formula is C16H19N2O2+. The quantitative estimate of drug-likeness (QED) is 0.839. The SMILES string of the molecule is CC(C)c1ccccc1NC(=O)C[n+]1cccc(O)c1. The Morgan fingerprint density at radius 3 is 2.70 bits per heavy atom. The van der Waals surface area contributed by atoms with Crippen LogP contribution in [0, 0.1) is 0 Å². The molecule has 1 heterocycles. The molecule has 0 saturated carbocycles. The van der Waals surface area contributed by atoms with E-state index in [0.717, 1.165) is 11.3 Å². The molecule has 0 unspecified atom stereocenters. The Morgan fingerprint density at radius 1 is 1.25 bits per heavy atom. The first-order chi connectivity index (χ1) is 9.56. The summed E-state index contributed by atoms with van der Waals surface area (Å²) in [4.78, 5) is 12.1. The van der Waals surface area contributed by atoms with Gasteiger partial charge in [-0.25, -0.2) is 0 Å². The molecule has 2 rings (SSSR count). The first-order valence-corrected chi connectivity index (χ1v) is 6.63. The minimum Gasteiger partial charge on any atom is -0.503 e. The van der Waals surface area contributed by atoms with E-state index >= 15 is 0 Å². The molecule has 0 aliphatic heterocycles. The highest BCUT2D eigenvalue weighted by molar-refractivity contribution is 5.90. The van der Waals surface area contributed by atoms with E-state index in [1.807, 2.05) is 24.3 Å². The number of hydrogen-bond acceptors (Lipinski definition) is 2. The Morgan fingerprint density at radius 2 is 2.00 bits per heavy atom. The summed E-state index contributed by atoms with van der Waals surface area (Å²) in [5.41, 5.74) is 1.95. The van der Waals surface area contributed by atoms with Gasteiger partial charge in [0.25, 0.3) is 5.91 Å². The number of aromatic hydroxyl groups is 1. The number of aromatic nitrogens is 1. The van der Waals surface area contributed by atoms with Crippen molar-refractivity contribution in [3.8, 4) is 5.75 Å². The third-order valence-corrected chi connectivity index (χ3v) is 3.03. The van der Waals surface area contributed by atoms with E-state index < -0.39 is 0 Å². The molecule has 2 aromatic rings. The second-order valence-electron chi connectivity index (χ2n) is 5.02. The zero-order chi connectivity index (χ0) is 14.5. The van der Waals surface area contributed by atoms with E-state index in [0.29, 0.717) is 5.92 Å². The molecule has 2 N–H and O–H groups in total. The lowest BCUT2D eigenvalue weighted by atomic mass is 10.0. The zero-order valence-corrected chi connectivity index (χ0v) is 11.7. The molecule has 1 aromatic carbocycles. The Balaban J connectivity index is 2.09. The van der Waals surface area contributed by atoms with Crippen molar-refractivity contribution in [3.63, 3.8) is 0 Å². The molecule has 4 nitrogen and oxygen atoms in total. The van der Waals surface area contributed by atoms with Gasteiger partial charge in [0.1, 0.15) is 0 Å². The standard InChI is InChI=1S/C16H18N2O2/c1-12(2)14-7-3-4-8-15(14)17-16(20)11-18-9-5-6-13(19)10-18/h3-10,12H,11H2,1-2H3,(H-,17,19,20)/p+1. The van der Waals surface area contributed by atoms with Gasteiger partial charge in [0, 0.05) is 11.8 Å². The maximum atomic E-state index is 12.1. The van der Waals surface area contributed by atoms with E-state index in [2.05, 4.69) is 19.2 Å². The maximum Gasteiger partial charge on any atom is 0.290 e. The number of carbonyl (C=O) groups is 1. The van der Waals surface area contributed by atoms with E-state index in [4.69, 9.17) is 0 Å². The summed E-state index contributed by atoms with van der Waals surface area (Å²) in [6.07, 6.45) is 3.27. The summed E-state index contributed by atoms with van der Waals surface area (Å²) in [6, 6.07) is 11.1. The number of rotatable bonds is 4. The van der Waals surface area contributed by atoms with Crippen LogP contribution in [-0.2, 0) is 11.3 Å². The summed E-state index contributed by atoms with van der Waals surface area (Å²) in [7, 11) is 0. The minimum atomic E-state index is -0.117. The van der Waals surface area contributed by atoms with Gasteiger partial charge >= 0.3 is 0 Å². The van der Waals surface area contributed by atoms with Crippen LogP contribution in [0.5, 0.6) is 5.75 Å². The van der Waals surface area contributed by atoms with Crippen molar-refractivity contribution in [1.82, 2.24) is 0 Å². The number of nitrogens with one attached hydrogen (secondary N) is 1. The van der Waals surface area contributed by atoms with E-state index in [1.165, 1.54) is 6.20 Å². The number of pyridine rings is 1. The van der Waals surface area contributed by atoms with Crippen molar-refractivity contribution in [3.05, 3.63) is 54.4 Å². The predicted octanol–water partition coefficient (Wildman–Crippen LogP) is 2.44. The third kappa shape index (κ3) is 3.57. The van der Waals surface area contributed by atoms with Crippen molar-refractivity contribution < 1.29 is 14.5 Å². The maximum absolute atomic E-state index is 12.1. The number of carbonyl (C=O) groups excluding carboxylic acids is 1. The molecule has 1 aromatic heterocycles. The van der Waals surface area contributed by atoms with Gasteiger partial charge in [-0.2, -0.15) is 4.57 Å². The molecule has 0 fully saturated rings. The molecule has 0 aliphatic carbocycles. The van der Waals surface area contributed by atoms with Gasteiger partial charge in [0.05, 0.1) is 0 Å². The van der Waals surface area contributed by atoms with E-state index in [9.17, 15) is 9.90 Å². The highest BCUT2D eigenvalue weighted by atomic mass is 16.3. The molecule has 20 heavy (non-hydrogen) atoms. The lowest BCUT2D eigenvalue weighted by molar-refractivity contribution is -0.684. The first-order valence-electron chi connectivity index (χ1n) is 6.63. The topological polar surface area (TPSA) is 53.2 Å². The highest BCUT2D eigenvalue weighted by Gasteiger charge is 2.13. The normalized spacial score (nSPS) is 10.6. The zero-order valence-electron chi connectivity index (χ0n) is 11.7. The second-order valence-corrected chi connectivity index (χ2v) is 5.02. The largest absolute Gasteiger partial charge is 0.503 e. The fourth-order valence-corrected chi connectivity index (χ4v) is 2.08. The van der Waals surface area contributed by atoms with E-state index in [1.54, 1.807) is 22.9 Å². The highest BCUT2D eigenvalue weighted by Crippen LogP contribution is 2.23. The van der Waals surface area contributed by atoms with Gasteiger partial charge in [-0.05, 0) is 23.6 Å². The van der Waals surface area contributed by atoms with Crippen LogP contribution < -0.4 is 9.88 Å². The van der Waals surface area contributed by atoms with Crippen LogP contribution in [0.15, 0.2) is 48.8 Å². The van der Waals surface area contributed by atoms with Crippen molar-refractivity contribution >= 4 is 11.6 Å². The average Bonchev–Trinajstić information content (AvgIpc) is 2.38. The molecule has 1 amide bonds. The number of hydrogen-bond donors (Lipinski definition) is 2. The smallest absolute Gasteiger partial charge is 0.290 e. The van der Waals surface area contributed by atoms with Crippen LogP contribution in [0.4, 0.5) is 5.69 Å². The molecule has 104 valence electrons. The van der Waals surface area contributed by atoms with Crippen molar-refractivity contribution in [1.29, 1.82) is 0 Å². The Hall–Kier alpha value is -2.36. The Bertz CT molecular complexity index is 609. The van der Waals surface area contributed by atoms with Crippen molar-refractivity contribution in [2.45, 2.75) is 26.3 Å². The number of benzene rings is 1. The molecule has 0 radical (unpaired) electrons. The average molecular weight is 271 g/mol. The molecule has 0 saturated heterocycles. The Labute approximate surface area is 118 Å². The van der Waals surface area contributed by atoms with Crippen LogP contribution in [0.25, 0.3) is 0 Å². The summed E-state index contributed by atoms with van der Waals surface area (Å²) in [5, 5.41) is 12.3. The van der Waals surface area contributed by atoms with Gasteiger partial charge in [0.2, 0.25) is 12.7 Å². The van der Waals surface area contributed by atoms with Crippen LogP contribution in [0.2, 0.25) is 0 Å². The summed E-state index contributed by atoms with van der Waals surface area (Å²) in [6.45, 7) is 4.35. The lowest BCUT2D eigenvalue weighted by Gasteiger charge is -2.12. The number of nitrogens with zero attached hydrogens (tertiary/aromatic N) is 1. The van der Waals surface area contributed by atoms with Gasteiger partial charge in [-0.3, -0.25) is 4.79 Å². The second kappa shape index (κ2) is 6.19. The van der Waals surface area contributed by atoms with Gasteiger partial charge in [-0.1, -0.05) is 32.0 Å². The summed E-state index contributed by atoms with van der Waals surface area (Å²) >= 11 is 0. The Kier molecular flexibility index (Phi) is 4.35. The van der Waals surface area contributed by atoms with Gasteiger partial charge in [-0.15, -0.1) is 0 Å². The molecule has 0 spiro atoms. The van der Waals surface area contributed by atoms with Crippen molar-refractivity contribution in [2.75, 3.05) is 5.32 Å². The van der Waals surface area contributed by atoms with Gasteiger partial charge < -0.3 is 10.4 Å². The monoisotopic (exact) mass is 271 g/mol. The molecule has 0 bridgehead atoms. The van der Waals surface area contributed by atoms with Gasteiger partial charge in [0.15, 0.2) is 11.9 Å². The molecular weight excluding hydrogens is 252 g/mol. The van der Waals surface area contributed by atoms with Crippen LogP contribution in [0.1, 0.15) is 25.3 Å². The van der Waals surface area contributed by atoms with Crippen LogP contribution in [-0.4, -0.2) is 11.0 Å². The summed E-state index contributed by atoms with van der Waals surface area (Å²) < 4.78 is 1.64. The summed E-state index contributed by atoms with van der Waals surface area (Å²) in [5.74, 6) is 0.372. The predicted molar refractivity (Wildman–Crippen MR) is 77.5 cm³/mol. The number of amides is 1. The third-order valence-electron chi connectivity index (χ3n) is 3.03. The molecule has 4 heteroatoms. The molecule has 0 aliphatic rings. The van der Waals surface area contributed by atoms with Crippen molar-refractivity contribution in [2.24, 2.45) is 0 Å². The number of para-hydroxylation sites is 1. The number of anilines is 1. The lowest BCUT2D eigenvalue weighted by Crippen LogP contribution is -2.39.